The van der Waals surface area contributed by atoms with Crippen molar-refractivity contribution in [1.29, 1.82) is 0 Å². The fraction of sp³-hybridized carbons (Fsp3) is 0.579. The number of H-pyrrole nitrogens is 1. The molecular formula is C19H29N5. The summed E-state index contributed by atoms with van der Waals surface area (Å²) >= 11 is 0. The minimum Gasteiger partial charge on any atom is -0.304 e. The van der Waals surface area contributed by atoms with Crippen molar-refractivity contribution < 1.29 is 0 Å². The molecule has 1 saturated heterocycles. The van der Waals surface area contributed by atoms with Gasteiger partial charge in [0.15, 0.2) is 5.82 Å². The zero-order chi connectivity index (χ0) is 16.8. The average molecular weight is 327 g/mol. The molecule has 0 aliphatic carbocycles. The molecule has 24 heavy (non-hydrogen) atoms. The van der Waals surface area contributed by atoms with Crippen molar-refractivity contribution >= 4 is 0 Å². The largest absolute Gasteiger partial charge is 0.304 e. The molecule has 2 aromatic rings. The van der Waals surface area contributed by atoms with Crippen molar-refractivity contribution in [1.82, 2.24) is 25.0 Å². The van der Waals surface area contributed by atoms with Crippen LogP contribution in [0.15, 0.2) is 30.3 Å². The van der Waals surface area contributed by atoms with E-state index >= 15 is 0 Å². The quantitative estimate of drug-likeness (QED) is 0.846. The van der Waals surface area contributed by atoms with Crippen LogP contribution in [0.4, 0.5) is 0 Å². The van der Waals surface area contributed by atoms with E-state index < -0.39 is 0 Å². The van der Waals surface area contributed by atoms with E-state index in [-0.39, 0.29) is 0 Å². The Balaban J connectivity index is 1.42. The van der Waals surface area contributed by atoms with E-state index in [1.54, 1.807) is 0 Å². The molecule has 1 aromatic heterocycles. The predicted octanol–water partition coefficient (Wildman–Crippen LogP) is 2.16. The highest BCUT2D eigenvalue weighted by Crippen LogP contribution is 2.11. The summed E-state index contributed by atoms with van der Waals surface area (Å²) in [6.45, 7) is 7.04. The molecule has 1 atom stereocenters. The van der Waals surface area contributed by atoms with Crippen molar-refractivity contribution in [3.8, 4) is 0 Å². The summed E-state index contributed by atoms with van der Waals surface area (Å²) in [5, 5.41) is 7.49. The van der Waals surface area contributed by atoms with Gasteiger partial charge in [0.25, 0.3) is 0 Å². The van der Waals surface area contributed by atoms with Crippen LogP contribution < -0.4 is 0 Å². The van der Waals surface area contributed by atoms with Crippen LogP contribution in [0.1, 0.15) is 30.6 Å². The van der Waals surface area contributed by atoms with Crippen molar-refractivity contribution in [2.75, 3.05) is 33.2 Å². The Morgan fingerprint density at radius 2 is 1.79 bits per heavy atom. The number of hydrogen-bond donors (Lipinski definition) is 1. The molecule has 1 aliphatic heterocycles. The van der Waals surface area contributed by atoms with Crippen molar-refractivity contribution in [3.05, 3.63) is 47.5 Å². The first-order chi connectivity index (χ1) is 11.7. The van der Waals surface area contributed by atoms with Gasteiger partial charge in [-0.25, -0.2) is 4.98 Å². The summed E-state index contributed by atoms with van der Waals surface area (Å²) in [6, 6.07) is 11.1. The minimum atomic E-state index is 0.608. The molecule has 0 unspecified atom stereocenters. The van der Waals surface area contributed by atoms with Crippen LogP contribution in [0.5, 0.6) is 0 Å². The number of likely N-dealkylation sites (N-methyl/N-ethyl adjacent to an activating group) is 1. The van der Waals surface area contributed by atoms with Gasteiger partial charge in [-0.3, -0.25) is 10.00 Å². The zero-order valence-corrected chi connectivity index (χ0v) is 14.9. The molecule has 5 nitrogen and oxygen atoms in total. The highest BCUT2D eigenvalue weighted by atomic mass is 15.3. The van der Waals surface area contributed by atoms with Crippen LogP contribution in [0, 0.1) is 0 Å². The molecule has 0 amide bonds. The third-order valence-electron chi connectivity index (χ3n) is 5.02. The standard InChI is InChI=1S/C19H29N5/c1-16(24-14-12-23(2)13-15-24)8-10-18-20-19(22-21-18)11-9-17-6-4-3-5-7-17/h3-7,16H,8-15H2,1-2H3,(H,20,21,22)/t16-/m0/s1. The summed E-state index contributed by atoms with van der Waals surface area (Å²) < 4.78 is 0. The van der Waals surface area contributed by atoms with E-state index in [9.17, 15) is 0 Å². The molecule has 2 heterocycles. The van der Waals surface area contributed by atoms with E-state index in [4.69, 9.17) is 0 Å². The zero-order valence-electron chi connectivity index (χ0n) is 14.9. The number of rotatable bonds is 7. The van der Waals surface area contributed by atoms with Gasteiger partial charge in [0, 0.05) is 45.1 Å². The molecular weight excluding hydrogens is 298 g/mol. The van der Waals surface area contributed by atoms with Crippen LogP contribution >= 0.6 is 0 Å². The van der Waals surface area contributed by atoms with Gasteiger partial charge < -0.3 is 4.90 Å². The lowest BCUT2D eigenvalue weighted by Crippen LogP contribution is -2.48. The predicted molar refractivity (Wildman–Crippen MR) is 97.1 cm³/mol. The Morgan fingerprint density at radius 1 is 1.04 bits per heavy atom. The van der Waals surface area contributed by atoms with Crippen molar-refractivity contribution in [2.45, 2.75) is 38.6 Å². The first-order valence-electron chi connectivity index (χ1n) is 9.07. The first kappa shape index (κ1) is 17.1. The van der Waals surface area contributed by atoms with Gasteiger partial charge >= 0.3 is 0 Å². The molecule has 1 N–H and O–H groups in total. The van der Waals surface area contributed by atoms with Crippen LogP contribution in [-0.2, 0) is 19.3 Å². The minimum absolute atomic E-state index is 0.608. The Bertz CT molecular complexity index is 601. The molecule has 1 fully saturated rings. The van der Waals surface area contributed by atoms with Gasteiger partial charge in [0.1, 0.15) is 5.82 Å². The Kier molecular flexibility index (Phi) is 5.99. The summed E-state index contributed by atoms with van der Waals surface area (Å²) in [5.41, 5.74) is 1.34. The molecule has 130 valence electrons. The van der Waals surface area contributed by atoms with Crippen LogP contribution in [-0.4, -0.2) is 64.2 Å². The van der Waals surface area contributed by atoms with Crippen LogP contribution in [0.3, 0.4) is 0 Å². The van der Waals surface area contributed by atoms with Gasteiger partial charge in [0.2, 0.25) is 0 Å². The maximum absolute atomic E-state index is 4.66. The monoisotopic (exact) mass is 327 g/mol. The number of piperazine rings is 1. The molecule has 1 aliphatic rings. The Morgan fingerprint density at radius 3 is 2.54 bits per heavy atom. The number of aryl methyl sites for hydroxylation is 3. The van der Waals surface area contributed by atoms with Gasteiger partial charge in [0.05, 0.1) is 0 Å². The van der Waals surface area contributed by atoms with E-state index in [0.29, 0.717) is 6.04 Å². The van der Waals surface area contributed by atoms with E-state index in [2.05, 4.69) is 69.3 Å². The summed E-state index contributed by atoms with van der Waals surface area (Å²) in [4.78, 5) is 9.65. The summed E-state index contributed by atoms with van der Waals surface area (Å²) in [6.07, 6.45) is 4.01. The first-order valence-corrected chi connectivity index (χ1v) is 9.07. The Labute approximate surface area is 145 Å². The number of hydrogen-bond acceptors (Lipinski definition) is 4. The van der Waals surface area contributed by atoms with Crippen molar-refractivity contribution in [3.63, 3.8) is 0 Å². The number of benzene rings is 1. The molecule has 1 aromatic carbocycles. The van der Waals surface area contributed by atoms with Crippen molar-refractivity contribution in [2.24, 2.45) is 0 Å². The van der Waals surface area contributed by atoms with Gasteiger partial charge in [-0.15, -0.1) is 0 Å². The second-order valence-corrected chi connectivity index (χ2v) is 6.91. The van der Waals surface area contributed by atoms with Crippen LogP contribution in [0.25, 0.3) is 0 Å². The molecule has 0 bridgehead atoms. The number of nitrogens with one attached hydrogen (secondary N) is 1. The topological polar surface area (TPSA) is 48.1 Å². The molecule has 0 radical (unpaired) electrons. The second kappa shape index (κ2) is 8.40. The molecule has 0 saturated carbocycles. The smallest absolute Gasteiger partial charge is 0.151 e. The lowest BCUT2D eigenvalue weighted by molar-refractivity contribution is 0.114. The summed E-state index contributed by atoms with van der Waals surface area (Å²) in [7, 11) is 2.20. The van der Waals surface area contributed by atoms with Crippen LogP contribution in [0.2, 0.25) is 0 Å². The fourth-order valence-corrected chi connectivity index (χ4v) is 3.25. The van der Waals surface area contributed by atoms with E-state index in [1.807, 2.05) is 0 Å². The number of nitrogens with zero attached hydrogens (tertiary/aromatic N) is 4. The summed E-state index contributed by atoms with van der Waals surface area (Å²) in [5.74, 6) is 1.96. The van der Waals surface area contributed by atoms with Gasteiger partial charge in [-0.1, -0.05) is 30.3 Å². The van der Waals surface area contributed by atoms with E-state index in [0.717, 1.165) is 37.3 Å². The molecule has 3 rings (SSSR count). The second-order valence-electron chi connectivity index (χ2n) is 6.91. The lowest BCUT2D eigenvalue weighted by Gasteiger charge is -2.36. The fourth-order valence-electron chi connectivity index (χ4n) is 3.25. The van der Waals surface area contributed by atoms with Gasteiger partial charge in [-0.05, 0) is 32.4 Å². The number of aromatic amines is 1. The highest BCUT2D eigenvalue weighted by Gasteiger charge is 2.19. The number of aromatic nitrogens is 3. The highest BCUT2D eigenvalue weighted by molar-refractivity contribution is 5.15. The Hall–Kier alpha value is -1.72. The lowest BCUT2D eigenvalue weighted by atomic mass is 10.1. The maximum atomic E-state index is 4.66. The normalized spacial score (nSPS) is 17.9. The van der Waals surface area contributed by atoms with Gasteiger partial charge in [-0.2, -0.15) is 5.10 Å². The molecule has 0 spiro atoms. The average Bonchev–Trinajstić information content (AvgIpc) is 3.07. The maximum Gasteiger partial charge on any atom is 0.151 e. The SMILES string of the molecule is C[C@@H](CCc1nc(CCc2ccccc2)n[nH]1)N1CCN(C)CC1. The third kappa shape index (κ3) is 4.89. The third-order valence-corrected chi connectivity index (χ3v) is 5.02. The van der Waals surface area contributed by atoms with E-state index in [1.165, 1.54) is 31.7 Å². The molecule has 5 heteroatoms.